The first kappa shape index (κ1) is 21.5. The zero-order valence-corrected chi connectivity index (χ0v) is 14.7. The summed E-state index contributed by atoms with van der Waals surface area (Å²) in [5.41, 5.74) is 0.413. The molecule has 0 spiro atoms. The van der Waals surface area contributed by atoms with Crippen molar-refractivity contribution in [2.75, 3.05) is 19.8 Å². The number of carboxylic acids is 1. The molecular weight excluding hydrogens is 362 g/mol. The highest BCUT2D eigenvalue weighted by Gasteiger charge is 2.15. The van der Waals surface area contributed by atoms with Crippen LogP contribution in [0.4, 0.5) is 9.59 Å². The number of carboxylic acid groups (broad SMARTS) is 1. The molecule has 0 aliphatic rings. The minimum atomic E-state index is -1.18. The molecule has 27 heavy (non-hydrogen) atoms. The van der Waals surface area contributed by atoms with Gasteiger partial charge in [0, 0.05) is 6.08 Å². The second-order valence-corrected chi connectivity index (χ2v) is 4.72. The Morgan fingerprint density at radius 2 is 1.59 bits per heavy atom. The van der Waals surface area contributed by atoms with Crippen LogP contribution in [0.3, 0.4) is 0 Å². The van der Waals surface area contributed by atoms with E-state index in [1.54, 1.807) is 13.8 Å². The van der Waals surface area contributed by atoms with Gasteiger partial charge in [-0.3, -0.25) is 9.59 Å². The van der Waals surface area contributed by atoms with Crippen molar-refractivity contribution in [1.29, 1.82) is 0 Å². The third-order valence-corrected chi connectivity index (χ3v) is 2.72. The molecule has 1 rings (SSSR count). The summed E-state index contributed by atoms with van der Waals surface area (Å²) >= 11 is 0. The van der Waals surface area contributed by atoms with Gasteiger partial charge in [-0.1, -0.05) is 6.07 Å². The lowest BCUT2D eigenvalue weighted by atomic mass is 10.2. The van der Waals surface area contributed by atoms with E-state index < -0.39 is 30.7 Å². The Morgan fingerprint density at radius 1 is 1.00 bits per heavy atom. The Balaban J connectivity index is 2.97. The lowest BCUT2D eigenvalue weighted by Gasteiger charge is -2.11. The minimum Gasteiger partial charge on any atom is -0.480 e. The molecule has 10 heteroatoms. The highest BCUT2D eigenvalue weighted by Crippen LogP contribution is 2.29. The predicted octanol–water partition coefficient (Wildman–Crippen LogP) is 1.97. The standard InChI is InChI=1S/C17H19NO9/c1-3-24-16(22)26-12-7-5-11(6-8-14(19)18-10-15(20)21)9-13(12)27-17(23)25-4-2/h5-9H,3-4,10H2,1-2H3,(H,18,19)(H,20,21). The predicted molar refractivity (Wildman–Crippen MR) is 91.4 cm³/mol. The van der Waals surface area contributed by atoms with E-state index >= 15 is 0 Å². The summed E-state index contributed by atoms with van der Waals surface area (Å²) in [6, 6.07) is 4.14. The van der Waals surface area contributed by atoms with Crippen LogP contribution in [0.2, 0.25) is 0 Å². The molecule has 0 heterocycles. The van der Waals surface area contributed by atoms with E-state index in [1.807, 2.05) is 0 Å². The summed E-state index contributed by atoms with van der Waals surface area (Å²) in [5.74, 6) is -2.02. The second kappa shape index (κ2) is 11.1. The van der Waals surface area contributed by atoms with Crippen LogP contribution in [-0.4, -0.2) is 49.1 Å². The summed E-state index contributed by atoms with van der Waals surface area (Å²) in [7, 11) is 0. The molecule has 0 saturated heterocycles. The molecule has 0 aliphatic heterocycles. The average molecular weight is 381 g/mol. The Kier molecular flexibility index (Phi) is 8.86. The maximum Gasteiger partial charge on any atom is 0.513 e. The fraction of sp³-hybridized carbons (Fsp3) is 0.294. The third kappa shape index (κ3) is 8.38. The lowest BCUT2D eigenvalue weighted by molar-refractivity contribution is -0.137. The molecule has 1 amide bonds. The van der Waals surface area contributed by atoms with E-state index in [1.165, 1.54) is 24.3 Å². The molecule has 10 nitrogen and oxygen atoms in total. The SMILES string of the molecule is CCOC(=O)Oc1ccc(C=CC(=O)NCC(=O)O)cc1OC(=O)OCC. The van der Waals surface area contributed by atoms with Crippen molar-refractivity contribution in [3.8, 4) is 11.5 Å². The van der Waals surface area contributed by atoms with E-state index in [0.717, 1.165) is 6.08 Å². The highest BCUT2D eigenvalue weighted by molar-refractivity contribution is 5.93. The third-order valence-electron chi connectivity index (χ3n) is 2.72. The van der Waals surface area contributed by atoms with Gasteiger partial charge in [0.05, 0.1) is 13.2 Å². The summed E-state index contributed by atoms with van der Waals surface area (Å²) in [5, 5.41) is 10.7. The first-order valence-corrected chi connectivity index (χ1v) is 7.86. The van der Waals surface area contributed by atoms with Gasteiger partial charge in [0.25, 0.3) is 0 Å². The molecule has 0 radical (unpaired) electrons. The zero-order valence-electron chi connectivity index (χ0n) is 14.7. The summed E-state index contributed by atoms with van der Waals surface area (Å²) in [6.07, 6.45) is 0.454. The van der Waals surface area contributed by atoms with Gasteiger partial charge < -0.3 is 29.4 Å². The molecule has 2 N–H and O–H groups in total. The van der Waals surface area contributed by atoms with Gasteiger partial charge >= 0.3 is 18.3 Å². The van der Waals surface area contributed by atoms with Crippen molar-refractivity contribution in [2.45, 2.75) is 13.8 Å². The largest absolute Gasteiger partial charge is 0.513 e. The van der Waals surface area contributed by atoms with Crippen LogP contribution in [0.1, 0.15) is 19.4 Å². The summed E-state index contributed by atoms with van der Waals surface area (Å²) < 4.78 is 19.3. The second-order valence-electron chi connectivity index (χ2n) is 4.72. The number of aliphatic carboxylic acids is 1. The molecule has 1 aromatic carbocycles. The molecule has 0 fully saturated rings. The molecular formula is C17H19NO9. The summed E-state index contributed by atoms with van der Waals surface area (Å²) in [4.78, 5) is 44.9. The number of nitrogens with one attached hydrogen (secondary N) is 1. The van der Waals surface area contributed by atoms with Crippen molar-refractivity contribution >= 4 is 30.3 Å². The maximum absolute atomic E-state index is 11.5. The van der Waals surface area contributed by atoms with Gasteiger partial charge in [0.2, 0.25) is 5.91 Å². The average Bonchev–Trinajstić information content (AvgIpc) is 2.60. The van der Waals surface area contributed by atoms with E-state index in [2.05, 4.69) is 14.8 Å². The summed E-state index contributed by atoms with van der Waals surface area (Å²) in [6.45, 7) is 2.84. The van der Waals surface area contributed by atoms with Crippen LogP contribution in [-0.2, 0) is 19.1 Å². The van der Waals surface area contributed by atoms with Crippen LogP contribution < -0.4 is 14.8 Å². The Labute approximate surface area is 154 Å². The molecule has 0 unspecified atom stereocenters. The molecule has 1 aromatic rings. The zero-order chi connectivity index (χ0) is 20.2. The van der Waals surface area contributed by atoms with Gasteiger partial charge in [-0.05, 0) is 37.6 Å². The lowest BCUT2D eigenvalue weighted by Crippen LogP contribution is -2.27. The van der Waals surface area contributed by atoms with E-state index in [-0.39, 0.29) is 24.7 Å². The Morgan fingerprint density at radius 3 is 2.15 bits per heavy atom. The van der Waals surface area contributed by atoms with E-state index in [9.17, 15) is 19.2 Å². The van der Waals surface area contributed by atoms with Crippen molar-refractivity contribution in [2.24, 2.45) is 0 Å². The number of carbonyl (C=O) groups excluding carboxylic acids is 3. The van der Waals surface area contributed by atoms with Crippen molar-refractivity contribution < 1.29 is 43.2 Å². The number of rotatable bonds is 8. The molecule has 0 bridgehead atoms. The number of ether oxygens (including phenoxy) is 4. The quantitative estimate of drug-likeness (QED) is 0.393. The van der Waals surface area contributed by atoms with Gasteiger partial charge in [0.1, 0.15) is 6.54 Å². The van der Waals surface area contributed by atoms with Crippen LogP contribution in [0.5, 0.6) is 11.5 Å². The van der Waals surface area contributed by atoms with Crippen molar-refractivity contribution in [1.82, 2.24) is 5.32 Å². The highest BCUT2D eigenvalue weighted by atomic mass is 16.7. The van der Waals surface area contributed by atoms with Gasteiger partial charge in [-0.25, -0.2) is 9.59 Å². The van der Waals surface area contributed by atoms with Crippen LogP contribution in [0, 0.1) is 0 Å². The fourth-order valence-electron chi connectivity index (χ4n) is 1.66. The fourth-order valence-corrected chi connectivity index (χ4v) is 1.66. The van der Waals surface area contributed by atoms with Gasteiger partial charge in [0.15, 0.2) is 11.5 Å². The number of carbonyl (C=O) groups is 4. The minimum absolute atomic E-state index is 0.0796. The molecule has 0 aromatic heterocycles. The number of benzene rings is 1. The molecule has 0 aliphatic carbocycles. The Hall–Kier alpha value is -3.56. The first-order chi connectivity index (χ1) is 12.8. The van der Waals surface area contributed by atoms with Crippen molar-refractivity contribution in [3.05, 3.63) is 29.8 Å². The smallest absolute Gasteiger partial charge is 0.480 e. The topological polar surface area (TPSA) is 137 Å². The van der Waals surface area contributed by atoms with Gasteiger partial charge in [-0.2, -0.15) is 0 Å². The first-order valence-electron chi connectivity index (χ1n) is 7.86. The van der Waals surface area contributed by atoms with Crippen molar-refractivity contribution in [3.63, 3.8) is 0 Å². The molecule has 146 valence electrons. The number of hydrogen-bond donors (Lipinski definition) is 2. The van der Waals surface area contributed by atoms with Gasteiger partial charge in [-0.15, -0.1) is 0 Å². The van der Waals surface area contributed by atoms with Crippen LogP contribution in [0.25, 0.3) is 6.08 Å². The Bertz CT molecular complexity index is 727. The van der Waals surface area contributed by atoms with Crippen LogP contribution in [0.15, 0.2) is 24.3 Å². The molecule has 0 atom stereocenters. The normalized spacial score (nSPS) is 10.1. The van der Waals surface area contributed by atoms with Crippen LogP contribution >= 0.6 is 0 Å². The molecule has 0 saturated carbocycles. The number of amides is 1. The maximum atomic E-state index is 11.5. The monoisotopic (exact) mass is 381 g/mol. The van der Waals surface area contributed by atoms with E-state index in [0.29, 0.717) is 5.56 Å². The number of hydrogen-bond acceptors (Lipinski definition) is 8. The van der Waals surface area contributed by atoms with E-state index in [4.69, 9.17) is 14.6 Å².